The second kappa shape index (κ2) is 9.81. The molecule has 0 aromatic heterocycles. The van der Waals surface area contributed by atoms with Gasteiger partial charge in [-0.05, 0) is 62.6 Å². The van der Waals surface area contributed by atoms with E-state index in [-0.39, 0.29) is 21.4 Å². The van der Waals surface area contributed by atoms with Crippen LogP contribution in [0.2, 0.25) is 5.02 Å². The Morgan fingerprint density at radius 3 is 2.30 bits per heavy atom. The molecular formula is C22H28ClN3O3S. The van der Waals surface area contributed by atoms with Gasteiger partial charge in [0.15, 0.2) is 0 Å². The van der Waals surface area contributed by atoms with Gasteiger partial charge in [0.2, 0.25) is 10.0 Å². The number of carbonyl (C=O) groups is 1. The number of nitrogens with one attached hydrogen (secondary N) is 1. The van der Waals surface area contributed by atoms with E-state index in [9.17, 15) is 13.2 Å². The molecule has 1 aliphatic heterocycles. The molecule has 0 unspecified atom stereocenters. The van der Waals surface area contributed by atoms with Crippen LogP contribution in [0.3, 0.4) is 0 Å². The van der Waals surface area contributed by atoms with E-state index in [1.165, 1.54) is 16.4 Å². The molecule has 1 heterocycles. The van der Waals surface area contributed by atoms with Crippen molar-refractivity contribution in [2.45, 2.75) is 38.1 Å². The van der Waals surface area contributed by atoms with Gasteiger partial charge in [0.05, 0.1) is 5.02 Å². The maximum Gasteiger partial charge on any atom is 0.251 e. The summed E-state index contributed by atoms with van der Waals surface area (Å²) < 4.78 is 27.1. The summed E-state index contributed by atoms with van der Waals surface area (Å²) in [7, 11) is -3.69. The number of nitrogens with zero attached hydrogens (tertiary/aromatic N) is 2. The first kappa shape index (κ1) is 22.6. The third-order valence-electron chi connectivity index (χ3n) is 5.39. The zero-order valence-corrected chi connectivity index (χ0v) is 19.0. The van der Waals surface area contributed by atoms with Crippen molar-refractivity contribution >= 4 is 33.2 Å². The van der Waals surface area contributed by atoms with E-state index in [1.807, 2.05) is 24.3 Å². The van der Waals surface area contributed by atoms with Gasteiger partial charge in [0, 0.05) is 44.0 Å². The largest absolute Gasteiger partial charge is 0.372 e. The molecular weight excluding hydrogens is 422 g/mol. The molecule has 6 nitrogen and oxygen atoms in total. The molecule has 0 bridgehead atoms. The van der Waals surface area contributed by atoms with Gasteiger partial charge in [-0.1, -0.05) is 23.7 Å². The molecule has 2 aromatic carbocycles. The molecule has 2 aromatic rings. The Bertz CT molecular complexity index is 983. The molecule has 1 fully saturated rings. The van der Waals surface area contributed by atoms with Crippen molar-refractivity contribution in [2.75, 3.05) is 31.1 Å². The summed E-state index contributed by atoms with van der Waals surface area (Å²) in [5, 5.41) is 2.99. The van der Waals surface area contributed by atoms with Crippen molar-refractivity contribution in [1.82, 2.24) is 9.62 Å². The Morgan fingerprint density at radius 2 is 1.70 bits per heavy atom. The minimum Gasteiger partial charge on any atom is -0.372 e. The second-order valence-electron chi connectivity index (χ2n) is 7.28. The van der Waals surface area contributed by atoms with Gasteiger partial charge >= 0.3 is 0 Å². The first-order valence-corrected chi connectivity index (χ1v) is 12.1. The minimum absolute atomic E-state index is 0.0118. The number of carbonyl (C=O) groups excluding carboxylic acids is 1. The number of hydrogen-bond donors (Lipinski definition) is 1. The molecule has 1 N–H and O–H groups in total. The van der Waals surface area contributed by atoms with Crippen LogP contribution in [-0.2, 0) is 16.6 Å². The van der Waals surface area contributed by atoms with Crippen molar-refractivity contribution in [1.29, 1.82) is 0 Å². The Hall–Kier alpha value is -2.09. The third-order valence-corrected chi connectivity index (χ3v) is 7.77. The summed E-state index contributed by atoms with van der Waals surface area (Å²) in [6.07, 6.45) is 1.67. The molecule has 1 amide bonds. The zero-order valence-electron chi connectivity index (χ0n) is 17.4. The molecule has 1 saturated heterocycles. The van der Waals surface area contributed by atoms with Crippen LogP contribution in [0.4, 0.5) is 5.69 Å². The fourth-order valence-corrected chi connectivity index (χ4v) is 5.63. The number of halogens is 1. The smallest absolute Gasteiger partial charge is 0.251 e. The number of hydrogen-bond acceptors (Lipinski definition) is 4. The zero-order chi connectivity index (χ0) is 21.7. The average molecular weight is 450 g/mol. The first-order chi connectivity index (χ1) is 14.4. The quantitative estimate of drug-likeness (QED) is 0.663. The maximum atomic E-state index is 12.9. The van der Waals surface area contributed by atoms with E-state index >= 15 is 0 Å². The molecule has 0 radical (unpaired) electrons. The highest BCUT2D eigenvalue weighted by molar-refractivity contribution is 7.89. The highest BCUT2D eigenvalue weighted by Gasteiger charge is 2.29. The second-order valence-corrected chi connectivity index (χ2v) is 9.59. The van der Waals surface area contributed by atoms with Crippen LogP contribution in [0.1, 0.15) is 42.6 Å². The van der Waals surface area contributed by atoms with Crippen LogP contribution in [0.15, 0.2) is 47.4 Å². The van der Waals surface area contributed by atoms with Crippen molar-refractivity contribution in [2.24, 2.45) is 0 Å². The molecule has 0 aliphatic carbocycles. The fourth-order valence-electron chi connectivity index (χ4n) is 3.61. The monoisotopic (exact) mass is 449 g/mol. The summed E-state index contributed by atoms with van der Waals surface area (Å²) in [6.45, 7) is 7.42. The van der Waals surface area contributed by atoms with E-state index in [4.69, 9.17) is 11.6 Å². The standard InChI is InChI=1S/C22H28ClN3O3S/c1-3-25(4-2)19-10-7-17(8-11-19)16-24-22(27)18-9-12-20(23)21(15-18)30(28,29)26-13-5-6-14-26/h7-12,15H,3-6,13-14,16H2,1-2H3,(H,24,27). The normalized spacial score (nSPS) is 14.6. The predicted octanol–water partition coefficient (Wildman–Crippen LogP) is 3.90. The molecule has 0 atom stereocenters. The topological polar surface area (TPSA) is 69.7 Å². The van der Waals surface area contributed by atoms with Gasteiger partial charge < -0.3 is 10.2 Å². The molecule has 3 rings (SSSR count). The van der Waals surface area contributed by atoms with Gasteiger partial charge in [-0.25, -0.2) is 8.42 Å². The molecule has 1 aliphatic rings. The molecule has 0 spiro atoms. The van der Waals surface area contributed by atoms with E-state index in [1.54, 1.807) is 6.07 Å². The lowest BCUT2D eigenvalue weighted by molar-refractivity contribution is 0.0950. The Morgan fingerprint density at radius 1 is 1.07 bits per heavy atom. The molecule has 8 heteroatoms. The van der Waals surface area contributed by atoms with Crippen molar-refractivity contribution < 1.29 is 13.2 Å². The lowest BCUT2D eigenvalue weighted by atomic mass is 10.1. The van der Waals surface area contributed by atoms with Gasteiger partial charge in [0.25, 0.3) is 5.91 Å². The Labute approximate surface area is 183 Å². The highest BCUT2D eigenvalue weighted by atomic mass is 35.5. The van der Waals surface area contributed by atoms with Gasteiger partial charge in [-0.15, -0.1) is 0 Å². The molecule has 30 heavy (non-hydrogen) atoms. The van der Waals surface area contributed by atoms with E-state index < -0.39 is 10.0 Å². The van der Waals surface area contributed by atoms with Crippen LogP contribution >= 0.6 is 11.6 Å². The minimum atomic E-state index is -3.69. The van der Waals surface area contributed by atoms with Crippen LogP contribution in [0.25, 0.3) is 0 Å². The lowest BCUT2D eigenvalue weighted by Gasteiger charge is -2.21. The molecule has 0 saturated carbocycles. The van der Waals surface area contributed by atoms with Gasteiger partial charge in [-0.2, -0.15) is 4.31 Å². The van der Waals surface area contributed by atoms with E-state index in [0.29, 0.717) is 19.6 Å². The van der Waals surface area contributed by atoms with E-state index in [2.05, 4.69) is 24.1 Å². The van der Waals surface area contributed by atoms with Crippen LogP contribution < -0.4 is 10.2 Å². The van der Waals surface area contributed by atoms with Crippen LogP contribution in [0, 0.1) is 0 Å². The van der Waals surface area contributed by atoms with Crippen molar-refractivity contribution in [3.8, 4) is 0 Å². The Balaban J connectivity index is 1.70. The summed E-state index contributed by atoms with van der Waals surface area (Å²) in [5.74, 6) is -0.336. The predicted molar refractivity (Wildman–Crippen MR) is 121 cm³/mol. The molecule has 162 valence electrons. The third kappa shape index (κ3) is 4.96. The maximum absolute atomic E-state index is 12.9. The highest BCUT2D eigenvalue weighted by Crippen LogP contribution is 2.28. The number of amides is 1. The SMILES string of the molecule is CCN(CC)c1ccc(CNC(=O)c2ccc(Cl)c(S(=O)(=O)N3CCCC3)c2)cc1. The lowest BCUT2D eigenvalue weighted by Crippen LogP contribution is -2.29. The van der Waals surface area contributed by atoms with Crippen LogP contribution in [0.5, 0.6) is 0 Å². The number of benzene rings is 2. The van der Waals surface area contributed by atoms with Gasteiger partial charge in [0.1, 0.15) is 4.90 Å². The van der Waals surface area contributed by atoms with Crippen molar-refractivity contribution in [3.63, 3.8) is 0 Å². The number of anilines is 1. The first-order valence-electron chi connectivity index (χ1n) is 10.3. The average Bonchev–Trinajstić information content (AvgIpc) is 3.30. The van der Waals surface area contributed by atoms with E-state index in [0.717, 1.165) is 37.2 Å². The summed E-state index contributed by atoms with van der Waals surface area (Å²) in [6, 6.07) is 12.4. The summed E-state index contributed by atoms with van der Waals surface area (Å²) >= 11 is 6.16. The Kier molecular flexibility index (Phi) is 7.39. The fraction of sp³-hybridized carbons (Fsp3) is 0.409. The van der Waals surface area contributed by atoms with Gasteiger partial charge in [-0.3, -0.25) is 4.79 Å². The van der Waals surface area contributed by atoms with Crippen molar-refractivity contribution in [3.05, 3.63) is 58.6 Å². The number of rotatable bonds is 8. The number of sulfonamides is 1. The summed E-state index contributed by atoms with van der Waals surface area (Å²) in [4.78, 5) is 14.9. The van der Waals surface area contributed by atoms with Crippen LogP contribution in [-0.4, -0.2) is 44.8 Å². The summed E-state index contributed by atoms with van der Waals surface area (Å²) in [5.41, 5.74) is 2.39.